The van der Waals surface area contributed by atoms with Gasteiger partial charge in [0.15, 0.2) is 0 Å². The lowest BCUT2D eigenvalue weighted by atomic mass is 9.94. The van der Waals surface area contributed by atoms with Crippen LogP contribution in [-0.2, 0) is 0 Å². The van der Waals surface area contributed by atoms with Crippen molar-refractivity contribution < 1.29 is 0 Å². The Bertz CT molecular complexity index is 202. The minimum absolute atomic E-state index is 0.250. The summed E-state index contributed by atoms with van der Waals surface area (Å²) in [4.78, 5) is 1.32. The molecule has 0 aliphatic rings. The summed E-state index contributed by atoms with van der Waals surface area (Å²) in [6.45, 7) is 4.42. The molecule has 0 radical (unpaired) electrons. The second kappa shape index (κ2) is 4.63. The van der Waals surface area contributed by atoms with Crippen LogP contribution >= 0.6 is 11.3 Å². The van der Waals surface area contributed by atoms with E-state index in [2.05, 4.69) is 31.4 Å². The maximum atomic E-state index is 6.12. The first-order valence-corrected chi connectivity index (χ1v) is 5.46. The van der Waals surface area contributed by atoms with E-state index in [9.17, 15) is 0 Å². The van der Waals surface area contributed by atoms with Gasteiger partial charge in [0, 0.05) is 10.9 Å². The van der Waals surface area contributed by atoms with Crippen LogP contribution in [0.1, 0.15) is 37.6 Å². The second-order valence-corrected chi connectivity index (χ2v) is 4.10. The molecule has 1 heterocycles. The SMILES string of the molecule is CCC(CC)C(N)c1cccs1. The molecule has 1 atom stereocenters. The lowest BCUT2D eigenvalue weighted by Crippen LogP contribution is -2.19. The molecule has 0 amide bonds. The molecule has 0 saturated heterocycles. The Morgan fingerprint density at radius 3 is 2.50 bits per heavy atom. The third-order valence-electron chi connectivity index (χ3n) is 2.43. The standard InChI is InChI=1S/C10H17NS/c1-3-8(4-2)10(11)9-6-5-7-12-9/h5-8,10H,3-4,11H2,1-2H3. The molecule has 1 aromatic rings. The highest BCUT2D eigenvalue weighted by molar-refractivity contribution is 7.10. The Kier molecular flexibility index (Phi) is 3.76. The Hall–Kier alpha value is -0.340. The Morgan fingerprint density at radius 2 is 2.08 bits per heavy atom. The molecule has 12 heavy (non-hydrogen) atoms. The fourth-order valence-corrected chi connectivity index (χ4v) is 2.33. The fourth-order valence-electron chi connectivity index (χ4n) is 1.51. The number of hydrogen-bond donors (Lipinski definition) is 1. The van der Waals surface area contributed by atoms with Crippen LogP contribution in [0.15, 0.2) is 17.5 Å². The van der Waals surface area contributed by atoms with Crippen LogP contribution in [0.4, 0.5) is 0 Å². The van der Waals surface area contributed by atoms with Gasteiger partial charge in [-0.3, -0.25) is 0 Å². The predicted molar refractivity (Wildman–Crippen MR) is 55.3 cm³/mol. The molecule has 0 saturated carbocycles. The predicted octanol–water partition coefficient (Wildman–Crippen LogP) is 3.18. The highest BCUT2D eigenvalue weighted by Crippen LogP contribution is 2.27. The van der Waals surface area contributed by atoms with E-state index in [0.717, 1.165) is 0 Å². The van der Waals surface area contributed by atoms with Crippen LogP contribution in [-0.4, -0.2) is 0 Å². The minimum atomic E-state index is 0.250. The number of thiophene rings is 1. The summed E-state index contributed by atoms with van der Waals surface area (Å²) in [5.41, 5.74) is 6.12. The molecule has 1 aromatic heterocycles. The van der Waals surface area contributed by atoms with E-state index < -0.39 is 0 Å². The molecule has 0 aliphatic heterocycles. The number of nitrogens with two attached hydrogens (primary N) is 1. The van der Waals surface area contributed by atoms with Crippen molar-refractivity contribution in [1.82, 2.24) is 0 Å². The van der Waals surface area contributed by atoms with E-state index in [0.29, 0.717) is 5.92 Å². The maximum Gasteiger partial charge on any atom is 0.0418 e. The zero-order chi connectivity index (χ0) is 8.97. The second-order valence-electron chi connectivity index (χ2n) is 3.12. The van der Waals surface area contributed by atoms with E-state index in [1.807, 2.05) is 0 Å². The van der Waals surface area contributed by atoms with Gasteiger partial charge >= 0.3 is 0 Å². The van der Waals surface area contributed by atoms with Gasteiger partial charge in [0.1, 0.15) is 0 Å². The fraction of sp³-hybridized carbons (Fsp3) is 0.600. The van der Waals surface area contributed by atoms with Gasteiger partial charge < -0.3 is 5.73 Å². The zero-order valence-electron chi connectivity index (χ0n) is 7.79. The van der Waals surface area contributed by atoms with Crippen LogP contribution in [0.25, 0.3) is 0 Å². The van der Waals surface area contributed by atoms with Crippen molar-refractivity contribution in [3.63, 3.8) is 0 Å². The normalized spacial score (nSPS) is 13.7. The summed E-state index contributed by atoms with van der Waals surface area (Å²) < 4.78 is 0. The average molecular weight is 183 g/mol. The summed E-state index contributed by atoms with van der Waals surface area (Å²) in [7, 11) is 0. The van der Waals surface area contributed by atoms with Gasteiger partial charge in [0.2, 0.25) is 0 Å². The first-order chi connectivity index (χ1) is 5.79. The van der Waals surface area contributed by atoms with Crippen LogP contribution in [0.5, 0.6) is 0 Å². The van der Waals surface area contributed by atoms with Crippen LogP contribution in [0.2, 0.25) is 0 Å². The lowest BCUT2D eigenvalue weighted by molar-refractivity contribution is 0.410. The van der Waals surface area contributed by atoms with Crippen molar-refractivity contribution in [1.29, 1.82) is 0 Å². The van der Waals surface area contributed by atoms with Gasteiger partial charge in [-0.2, -0.15) is 0 Å². The first-order valence-electron chi connectivity index (χ1n) is 4.58. The average Bonchev–Trinajstić information content (AvgIpc) is 2.58. The summed E-state index contributed by atoms with van der Waals surface area (Å²) in [6.07, 6.45) is 2.35. The van der Waals surface area contributed by atoms with Crippen LogP contribution < -0.4 is 5.73 Å². The van der Waals surface area contributed by atoms with Gasteiger partial charge in [0.25, 0.3) is 0 Å². The van der Waals surface area contributed by atoms with E-state index in [4.69, 9.17) is 5.73 Å². The number of rotatable bonds is 4. The van der Waals surface area contributed by atoms with E-state index in [1.165, 1.54) is 17.7 Å². The molecular formula is C10H17NS. The molecule has 68 valence electrons. The van der Waals surface area contributed by atoms with Gasteiger partial charge in [-0.25, -0.2) is 0 Å². The van der Waals surface area contributed by atoms with E-state index >= 15 is 0 Å². The van der Waals surface area contributed by atoms with Crippen molar-refractivity contribution in [2.24, 2.45) is 11.7 Å². The van der Waals surface area contributed by atoms with Gasteiger partial charge in [-0.05, 0) is 17.4 Å². The lowest BCUT2D eigenvalue weighted by Gasteiger charge is -2.19. The molecule has 2 heteroatoms. The highest BCUT2D eigenvalue weighted by Gasteiger charge is 2.16. The molecule has 0 aliphatic carbocycles. The zero-order valence-corrected chi connectivity index (χ0v) is 8.60. The topological polar surface area (TPSA) is 26.0 Å². The molecule has 1 nitrogen and oxygen atoms in total. The third-order valence-corrected chi connectivity index (χ3v) is 3.40. The summed E-state index contributed by atoms with van der Waals surface area (Å²) >= 11 is 1.77. The molecule has 1 unspecified atom stereocenters. The highest BCUT2D eigenvalue weighted by atomic mass is 32.1. The van der Waals surface area contributed by atoms with E-state index in [1.54, 1.807) is 11.3 Å². The molecule has 0 fully saturated rings. The van der Waals surface area contributed by atoms with Crippen molar-refractivity contribution in [3.05, 3.63) is 22.4 Å². The van der Waals surface area contributed by atoms with Crippen molar-refractivity contribution >= 4 is 11.3 Å². The van der Waals surface area contributed by atoms with Crippen LogP contribution in [0, 0.1) is 5.92 Å². The summed E-state index contributed by atoms with van der Waals surface area (Å²) in [5.74, 6) is 0.642. The van der Waals surface area contributed by atoms with E-state index in [-0.39, 0.29) is 6.04 Å². The largest absolute Gasteiger partial charge is 0.323 e. The Morgan fingerprint density at radius 1 is 1.42 bits per heavy atom. The van der Waals surface area contributed by atoms with Gasteiger partial charge in [-0.15, -0.1) is 11.3 Å². The maximum absolute atomic E-state index is 6.12. The quantitative estimate of drug-likeness (QED) is 0.762. The molecule has 1 rings (SSSR count). The monoisotopic (exact) mass is 183 g/mol. The smallest absolute Gasteiger partial charge is 0.0418 e. The Labute approximate surface area is 78.6 Å². The van der Waals surface area contributed by atoms with Gasteiger partial charge in [-0.1, -0.05) is 32.8 Å². The van der Waals surface area contributed by atoms with Crippen molar-refractivity contribution in [2.45, 2.75) is 32.7 Å². The van der Waals surface area contributed by atoms with Crippen LogP contribution in [0.3, 0.4) is 0 Å². The first kappa shape index (κ1) is 9.75. The summed E-state index contributed by atoms with van der Waals surface area (Å²) in [6, 6.07) is 4.45. The Balaban J connectivity index is 2.63. The van der Waals surface area contributed by atoms with Crippen molar-refractivity contribution in [2.75, 3.05) is 0 Å². The molecule has 0 spiro atoms. The minimum Gasteiger partial charge on any atom is -0.323 e. The molecular weight excluding hydrogens is 166 g/mol. The molecule has 0 aromatic carbocycles. The third kappa shape index (κ3) is 2.08. The van der Waals surface area contributed by atoms with Gasteiger partial charge in [0.05, 0.1) is 0 Å². The summed E-state index contributed by atoms with van der Waals surface area (Å²) in [5, 5.41) is 2.09. The number of hydrogen-bond acceptors (Lipinski definition) is 2. The molecule has 0 bridgehead atoms. The van der Waals surface area contributed by atoms with Crippen molar-refractivity contribution in [3.8, 4) is 0 Å². The molecule has 2 N–H and O–H groups in total.